The summed E-state index contributed by atoms with van der Waals surface area (Å²) in [6, 6.07) is 0. The van der Waals surface area contributed by atoms with Crippen LogP contribution in [0.5, 0.6) is 0 Å². The number of hydrogen-bond acceptors (Lipinski definition) is 7. The van der Waals surface area contributed by atoms with Crippen LogP contribution < -0.4 is 0 Å². The molecule has 13 heteroatoms. The van der Waals surface area contributed by atoms with Gasteiger partial charge < -0.3 is 9.97 Å². The summed E-state index contributed by atoms with van der Waals surface area (Å²) in [5.41, 5.74) is 0. The molecule has 11 nitrogen and oxygen atoms in total. The van der Waals surface area contributed by atoms with Gasteiger partial charge in [-0.1, -0.05) is 0 Å². The number of hydrogen-bond donors (Lipinski definition) is 4. The van der Waals surface area contributed by atoms with Crippen molar-refractivity contribution < 1.29 is 53.6 Å². The van der Waals surface area contributed by atoms with Gasteiger partial charge in [-0.05, 0) is 0 Å². The van der Waals surface area contributed by atoms with E-state index in [1.165, 1.54) is 0 Å². The van der Waals surface area contributed by atoms with Gasteiger partial charge in [-0.2, -0.15) is 0 Å². The molecular weight excluding hydrogens is 344 g/mol. The van der Waals surface area contributed by atoms with Crippen molar-refractivity contribution in [3.63, 3.8) is 0 Å². The molecule has 0 atom stereocenters. The molecule has 0 amide bonds. The predicted molar refractivity (Wildman–Crippen MR) is 45.4 cm³/mol. The second kappa shape index (κ2) is 8.63. The fourth-order valence-electron chi connectivity index (χ4n) is 0.539. The van der Waals surface area contributed by atoms with E-state index >= 15 is 0 Å². The molecule has 0 aliphatic carbocycles. The molecule has 108 valence electrons. The summed E-state index contributed by atoms with van der Waals surface area (Å²) in [5.74, 6) is 0. The van der Waals surface area contributed by atoms with Gasteiger partial charge in [0.15, 0.2) is 0 Å². The number of nitrogens with one attached hydrogen (secondary N) is 2. The minimum absolute atomic E-state index is 1.62. The molecule has 2 aromatic heterocycles. The van der Waals surface area contributed by atoms with Crippen LogP contribution in [0, 0.1) is 0 Å². The van der Waals surface area contributed by atoms with Crippen molar-refractivity contribution in [2.24, 2.45) is 0 Å². The normalized spacial score (nSPS) is 10.6. The van der Waals surface area contributed by atoms with Crippen molar-refractivity contribution in [3.8, 4) is 0 Å². The van der Waals surface area contributed by atoms with Crippen molar-refractivity contribution in [3.05, 3.63) is 37.4 Å². The molecular formula is C6H10Cr2N4O7. The molecule has 19 heavy (non-hydrogen) atoms. The largest absolute Gasteiger partial charge is 0.351 e. The molecule has 0 radical (unpaired) electrons. The van der Waals surface area contributed by atoms with Gasteiger partial charge in [0.05, 0.1) is 12.7 Å². The molecule has 2 heterocycles. The van der Waals surface area contributed by atoms with E-state index < -0.39 is 27.2 Å². The first-order chi connectivity index (χ1) is 8.71. The van der Waals surface area contributed by atoms with Crippen molar-refractivity contribution in [2.75, 3.05) is 0 Å². The van der Waals surface area contributed by atoms with Gasteiger partial charge in [0.25, 0.3) is 0 Å². The van der Waals surface area contributed by atoms with E-state index in [0.717, 1.165) is 0 Å². The van der Waals surface area contributed by atoms with Crippen LogP contribution in [-0.4, -0.2) is 28.3 Å². The summed E-state index contributed by atoms with van der Waals surface area (Å²) in [7, 11) is 0. The van der Waals surface area contributed by atoms with E-state index in [4.69, 9.17) is 8.32 Å². The summed E-state index contributed by atoms with van der Waals surface area (Å²) in [5, 5.41) is 0. The summed E-state index contributed by atoms with van der Waals surface area (Å²) < 4.78 is 56.3. The molecule has 0 aliphatic heterocycles. The van der Waals surface area contributed by atoms with Crippen LogP contribution in [0.1, 0.15) is 0 Å². The maximum absolute atomic E-state index is 9.53. The summed E-state index contributed by atoms with van der Waals surface area (Å²) in [6.07, 6.45) is 10.2. The Bertz CT molecular complexity index is 514. The zero-order valence-corrected chi connectivity index (χ0v) is 11.7. The average Bonchev–Trinajstić information content (AvgIpc) is 2.93. The van der Waals surface area contributed by atoms with Crippen LogP contribution in [0.3, 0.4) is 0 Å². The van der Waals surface area contributed by atoms with E-state index in [-0.39, 0.29) is 0 Å². The van der Waals surface area contributed by atoms with Crippen LogP contribution in [-0.2, 0) is 45.3 Å². The maximum atomic E-state index is 9.53. The Morgan fingerprint density at radius 1 is 0.842 bits per heavy atom. The van der Waals surface area contributed by atoms with Crippen LogP contribution >= 0.6 is 0 Å². The Kier molecular flexibility index (Phi) is 7.98. The predicted octanol–water partition coefficient (Wildman–Crippen LogP) is -0.843. The number of imidazole rings is 2. The third-order valence-corrected chi connectivity index (χ3v) is 3.74. The van der Waals surface area contributed by atoms with Gasteiger partial charge in [0.2, 0.25) is 0 Å². The van der Waals surface area contributed by atoms with Gasteiger partial charge in [0, 0.05) is 24.8 Å². The minimum Gasteiger partial charge on any atom is -0.351 e. The second-order valence-corrected chi connectivity index (χ2v) is 6.21. The second-order valence-electron chi connectivity index (χ2n) is 2.44. The van der Waals surface area contributed by atoms with Crippen LogP contribution in [0.15, 0.2) is 37.4 Å². The number of rotatable bonds is 2. The molecule has 0 bridgehead atoms. The monoisotopic (exact) mass is 354 g/mol. The fraction of sp³-hybridized carbons (Fsp3) is 0. The van der Waals surface area contributed by atoms with Crippen molar-refractivity contribution in [2.45, 2.75) is 0 Å². The zero-order valence-electron chi connectivity index (χ0n) is 9.11. The van der Waals surface area contributed by atoms with Crippen LogP contribution in [0.2, 0.25) is 0 Å². The average molecular weight is 354 g/mol. The molecule has 0 aromatic carbocycles. The third-order valence-electron chi connectivity index (χ3n) is 0.984. The summed E-state index contributed by atoms with van der Waals surface area (Å²) in [6.45, 7) is 0. The molecule has 2 rings (SSSR count). The number of aromatic nitrogens is 4. The van der Waals surface area contributed by atoms with Crippen LogP contribution in [0.25, 0.3) is 0 Å². The third kappa shape index (κ3) is 16.6. The topological polar surface area (TPSA) is 175 Å². The van der Waals surface area contributed by atoms with Crippen molar-refractivity contribution in [1.29, 1.82) is 0 Å². The Balaban J connectivity index is 0.000000273. The minimum atomic E-state index is -5.76. The number of aromatic amines is 2. The number of H-pyrrole nitrogens is 2. The van der Waals surface area contributed by atoms with Crippen LogP contribution in [0.4, 0.5) is 0 Å². The molecule has 0 fully saturated rings. The SMILES string of the molecule is [O]=[Cr](=[O])([OH])[O][Cr](=[O])(=[O])[OH].c1c[nH]cn1.c1c[nH]cn1. The quantitative estimate of drug-likeness (QED) is 0.535. The van der Waals surface area contributed by atoms with Gasteiger partial charge >= 0.3 is 53.6 Å². The maximum Gasteiger partial charge on any atom is 0.0919 e. The van der Waals surface area contributed by atoms with Crippen molar-refractivity contribution >= 4 is 0 Å². The molecule has 0 saturated heterocycles. The molecule has 4 N–H and O–H groups in total. The van der Waals surface area contributed by atoms with E-state index in [1.54, 1.807) is 37.4 Å². The Morgan fingerprint density at radius 2 is 1.21 bits per heavy atom. The van der Waals surface area contributed by atoms with Crippen molar-refractivity contribution in [1.82, 2.24) is 19.9 Å². The van der Waals surface area contributed by atoms with E-state index in [1.807, 2.05) is 0 Å². The Labute approximate surface area is 111 Å². The van der Waals surface area contributed by atoms with Gasteiger partial charge in [-0.25, -0.2) is 9.97 Å². The molecule has 2 aromatic rings. The molecule has 0 unspecified atom stereocenters. The first-order valence-corrected chi connectivity index (χ1v) is 8.48. The van der Waals surface area contributed by atoms with Gasteiger partial charge in [-0.15, -0.1) is 0 Å². The Hall–Kier alpha value is -1.44. The van der Waals surface area contributed by atoms with E-state index in [9.17, 15) is 15.2 Å². The Morgan fingerprint density at radius 3 is 1.26 bits per heavy atom. The number of nitrogens with zero attached hydrogens (tertiary/aromatic N) is 2. The first-order valence-electron chi connectivity index (χ1n) is 4.22. The van der Waals surface area contributed by atoms with E-state index in [0.29, 0.717) is 0 Å². The smallest absolute Gasteiger partial charge is 0.0919 e. The van der Waals surface area contributed by atoms with Gasteiger partial charge in [-0.3, -0.25) is 0 Å². The fourth-order valence-corrected chi connectivity index (χ4v) is 2.28. The summed E-state index contributed by atoms with van der Waals surface area (Å²) in [4.78, 5) is 12.8. The van der Waals surface area contributed by atoms with Gasteiger partial charge in [0.1, 0.15) is 0 Å². The summed E-state index contributed by atoms with van der Waals surface area (Å²) >= 11 is -11.5. The van der Waals surface area contributed by atoms with E-state index in [2.05, 4.69) is 22.8 Å². The molecule has 0 saturated carbocycles. The standard InChI is InChI=1S/2C3H4N2.2Cr.2H2O.5O/c2*1-2-5-3-4-1;;;;;;;;;/h2*1-3H,(H,4,5);;;2*1H2;;;;;/q;;2*+1;;;;;;;/p-2. The zero-order chi connectivity index (χ0) is 14.8. The first kappa shape index (κ1) is 17.6. The molecule has 0 aliphatic rings. The molecule has 0 spiro atoms.